The van der Waals surface area contributed by atoms with Gasteiger partial charge in [0.25, 0.3) is 0 Å². The molecule has 0 aromatic heterocycles. The molecule has 0 aliphatic carbocycles. The summed E-state index contributed by atoms with van der Waals surface area (Å²) in [6.07, 6.45) is 0.970. The van der Waals surface area contributed by atoms with Crippen LogP contribution in [0.15, 0.2) is 0 Å². The SMILES string of the molecule is CCC(C)C(=S)SC(C)C(=O)O. The molecule has 2 nitrogen and oxygen atoms in total. The Bertz CT molecular complexity index is 180. The molecule has 12 heavy (non-hydrogen) atoms. The van der Waals surface area contributed by atoms with Crippen molar-refractivity contribution < 1.29 is 9.90 Å². The van der Waals surface area contributed by atoms with Gasteiger partial charge in [-0.15, -0.1) is 11.8 Å². The van der Waals surface area contributed by atoms with Crippen molar-refractivity contribution in [3.8, 4) is 0 Å². The van der Waals surface area contributed by atoms with Gasteiger partial charge < -0.3 is 5.11 Å². The minimum atomic E-state index is -0.800. The maximum atomic E-state index is 10.5. The summed E-state index contributed by atoms with van der Waals surface area (Å²) in [7, 11) is 0. The molecule has 0 spiro atoms. The molecule has 0 radical (unpaired) electrons. The second kappa shape index (κ2) is 5.54. The van der Waals surface area contributed by atoms with Crippen LogP contribution >= 0.6 is 24.0 Å². The van der Waals surface area contributed by atoms with Crippen molar-refractivity contribution in [1.82, 2.24) is 0 Å². The van der Waals surface area contributed by atoms with Crippen LogP contribution in [0.5, 0.6) is 0 Å². The van der Waals surface area contributed by atoms with Crippen LogP contribution in [-0.4, -0.2) is 20.5 Å². The van der Waals surface area contributed by atoms with Crippen molar-refractivity contribution in [2.75, 3.05) is 0 Å². The van der Waals surface area contributed by atoms with Crippen LogP contribution in [0.4, 0.5) is 0 Å². The van der Waals surface area contributed by atoms with Crippen LogP contribution in [0.25, 0.3) is 0 Å². The Balaban J connectivity index is 3.92. The lowest BCUT2D eigenvalue weighted by atomic mass is 10.2. The number of carboxylic acids is 1. The van der Waals surface area contributed by atoms with E-state index in [1.54, 1.807) is 6.92 Å². The van der Waals surface area contributed by atoms with Crippen LogP contribution < -0.4 is 0 Å². The third-order valence-corrected chi connectivity index (χ3v) is 3.54. The Morgan fingerprint density at radius 1 is 1.58 bits per heavy atom. The average molecular weight is 206 g/mol. The van der Waals surface area contributed by atoms with E-state index in [0.717, 1.165) is 10.6 Å². The molecule has 0 rings (SSSR count). The molecule has 70 valence electrons. The van der Waals surface area contributed by atoms with Crippen molar-refractivity contribution in [1.29, 1.82) is 0 Å². The van der Waals surface area contributed by atoms with Crippen LogP contribution in [0.1, 0.15) is 27.2 Å². The number of rotatable bonds is 4. The number of hydrogen-bond acceptors (Lipinski definition) is 3. The summed E-state index contributed by atoms with van der Waals surface area (Å²) in [5, 5.41) is 8.18. The van der Waals surface area contributed by atoms with Gasteiger partial charge >= 0.3 is 5.97 Å². The van der Waals surface area contributed by atoms with Gasteiger partial charge in [0.05, 0.1) is 4.20 Å². The fraction of sp³-hybridized carbons (Fsp3) is 0.750. The molecule has 4 heteroatoms. The van der Waals surface area contributed by atoms with E-state index in [4.69, 9.17) is 17.3 Å². The summed E-state index contributed by atoms with van der Waals surface area (Å²) < 4.78 is 0.799. The Kier molecular flexibility index (Phi) is 5.50. The first kappa shape index (κ1) is 11.9. The Hall–Kier alpha value is -0.0900. The van der Waals surface area contributed by atoms with E-state index >= 15 is 0 Å². The lowest BCUT2D eigenvalue weighted by molar-refractivity contribution is -0.136. The number of thiocarbonyl (C=S) groups is 1. The summed E-state index contributed by atoms with van der Waals surface area (Å²) in [5.74, 6) is -0.475. The van der Waals surface area contributed by atoms with Crippen LogP contribution in [0.2, 0.25) is 0 Å². The van der Waals surface area contributed by atoms with Gasteiger partial charge in [0.15, 0.2) is 0 Å². The van der Waals surface area contributed by atoms with Gasteiger partial charge in [-0.05, 0) is 19.3 Å². The number of aliphatic carboxylic acids is 1. The van der Waals surface area contributed by atoms with E-state index in [9.17, 15) is 4.79 Å². The summed E-state index contributed by atoms with van der Waals surface area (Å²) >= 11 is 6.34. The van der Waals surface area contributed by atoms with Gasteiger partial charge in [-0.2, -0.15) is 0 Å². The molecule has 0 saturated carbocycles. The number of carboxylic acid groups (broad SMARTS) is 1. The first-order chi connectivity index (χ1) is 5.49. The van der Waals surface area contributed by atoms with E-state index in [-0.39, 0.29) is 0 Å². The van der Waals surface area contributed by atoms with E-state index in [2.05, 4.69) is 0 Å². The largest absolute Gasteiger partial charge is 0.480 e. The summed E-state index contributed by atoms with van der Waals surface area (Å²) in [5.41, 5.74) is 0. The van der Waals surface area contributed by atoms with Crippen molar-refractivity contribution in [3.63, 3.8) is 0 Å². The monoisotopic (exact) mass is 206 g/mol. The van der Waals surface area contributed by atoms with Crippen molar-refractivity contribution in [2.45, 2.75) is 32.4 Å². The lowest BCUT2D eigenvalue weighted by Gasteiger charge is -2.11. The summed E-state index contributed by atoms with van der Waals surface area (Å²) in [4.78, 5) is 10.5. The maximum Gasteiger partial charge on any atom is 0.316 e. The number of carbonyl (C=O) groups is 1. The zero-order valence-electron chi connectivity index (χ0n) is 7.53. The maximum absolute atomic E-state index is 10.5. The molecule has 2 unspecified atom stereocenters. The highest BCUT2D eigenvalue weighted by molar-refractivity contribution is 8.23. The Morgan fingerprint density at radius 2 is 2.08 bits per heavy atom. The van der Waals surface area contributed by atoms with E-state index in [1.807, 2.05) is 13.8 Å². The van der Waals surface area contributed by atoms with Crippen molar-refractivity contribution >= 4 is 34.1 Å². The normalized spacial score (nSPS) is 15.2. The third kappa shape index (κ3) is 4.07. The van der Waals surface area contributed by atoms with Gasteiger partial charge in [0.1, 0.15) is 5.25 Å². The molecule has 2 atom stereocenters. The molecule has 0 aromatic rings. The fourth-order valence-corrected chi connectivity index (χ4v) is 1.96. The molecule has 0 heterocycles. The van der Waals surface area contributed by atoms with Crippen molar-refractivity contribution in [3.05, 3.63) is 0 Å². The number of thioether (sulfide) groups is 1. The highest BCUT2D eigenvalue weighted by Gasteiger charge is 2.16. The quantitative estimate of drug-likeness (QED) is 0.717. The average Bonchev–Trinajstić information content (AvgIpc) is 2.02. The highest BCUT2D eigenvalue weighted by Crippen LogP contribution is 2.20. The lowest BCUT2D eigenvalue weighted by Crippen LogP contribution is -2.16. The zero-order chi connectivity index (χ0) is 9.72. The van der Waals surface area contributed by atoms with Gasteiger partial charge in [-0.25, -0.2) is 0 Å². The van der Waals surface area contributed by atoms with Gasteiger partial charge in [-0.1, -0.05) is 26.1 Å². The molecule has 0 fully saturated rings. The minimum Gasteiger partial charge on any atom is -0.480 e. The third-order valence-electron chi connectivity index (χ3n) is 1.66. The topological polar surface area (TPSA) is 37.3 Å². The first-order valence-corrected chi connectivity index (χ1v) is 5.21. The predicted octanol–water partition coefficient (Wildman–Crippen LogP) is 2.57. The predicted molar refractivity (Wildman–Crippen MR) is 56.7 cm³/mol. The van der Waals surface area contributed by atoms with Crippen LogP contribution in [-0.2, 0) is 4.79 Å². The highest BCUT2D eigenvalue weighted by atomic mass is 32.2. The molecular formula is C8H14O2S2. The summed E-state index contributed by atoms with van der Waals surface area (Å²) in [6, 6.07) is 0. The molecule has 0 saturated heterocycles. The first-order valence-electron chi connectivity index (χ1n) is 3.92. The minimum absolute atomic E-state index is 0.326. The molecule has 1 N–H and O–H groups in total. The number of hydrogen-bond donors (Lipinski definition) is 1. The van der Waals surface area contributed by atoms with Gasteiger partial charge in [0.2, 0.25) is 0 Å². The summed E-state index contributed by atoms with van der Waals surface area (Å²) in [6.45, 7) is 5.72. The van der Waals surface area contributed by atoms with Crippen LogP contribution in [0, 0.1) is 5.92 Å². The molecule has 0 aliphatic rings. The van der Waals surface area contributed by atoms with E-state index in [0.29, 0.717) is 5.92 Å². The van der Waals surface area contributed by atoms with E-state index in [1.165, 1.54) is 11.8 Å². The molecule has 0 aliphatic heterocycles. The van der Waals surface area contributed by atoms with E-state index < -0.39 is 11.2 Å². The van der Waals surface area contributed by atoms with Crippen LogP contribution in [0.3, 0.4) is 0 Å². The zero-order valence-corrected chi connectivity index (χ0v) is 9.17. The smallest absolute Gasteiger partial charge is 0.316 e. The molecule has 0 amide bonds. The molecule has 0 aromatic carbocycles. The van der Waals surface area contributed by atoms with Gasteiger partial charge in [0, 0.05) is 0 Å². The second-order valence-corrected chi connectivity index (χ2v) is 4.81. The Morgan fingerprint density at radius 3 is 2.42 bits per heavy atom. The van der Waals surface area contributed by atoms with Crippen molar-refractivity contribution in [2.24, 2.45) is 5.92 Å². The standard InChI is InChI=1S/C8H14O2S2/c1-4-5(2)8(11)12-6(3)7(9)10/h5-6H,4H2,1-3H3,(H,9,10). The van der Waals surface area contributed by atoms with Gasteiger partial charge in [-0.3, -0.25) is 4.79 Å². The fourth-order valence-electron chi connectivity index (χ4n) is 0.507. The molecule has 0 bridgehead atoms. The molecular weight excluding hydrogens is 192 g/mol. The Labute approximate surface area is 82.7 Å². The second-order valence-electron chi connectivity index (χ2n) is 2.73.